The van der Waals surface area contributed by atoms with E-state index in [1.165, 1.54) is 6.08 Å². The van der Waals surface area contributed by atoms with Crippen molar-refractivity contribution >= 4 is 23.8 Å². The first-order valence-electron chi connectivity index (χ1n) is 7.30. The van der Waals surface area contributed by atoms with Crippen LogP contribution < -0.4 is 16.2 Å². The third kappa shape index (κ3) is 5.76. The van der Waals surface area contributed by atoms with Crippen LogP contribution in [0.25, 0.3) is 6.08 Å². The molecule has 0 saturated heterocycles. The number of rotatable bonds is 5. The van der Waals surface area contributed by atoms with Gasteiger partial charge in [0.05, 0.1) is 6.54 Å². The molecule has 2 aromatic rings. The van der Waals surface area contributed by atoms with Crippen molar-refractivity contribution in [2.45, 2.75) is 0 Å². The third-order valence-corrected chi connectivity index (χ3v) is 3.00. The number of carbonyl (C=O) groups excluding carboxylic acids is 3. The van der Waals surface area contributed by atoms with Gasteiger partial charge in [0.1, 0.15) is 0 Å². The van der Waals surface area contributed by atoms with Crippen molar-refractivity contribution in [2.24, 2.45) is 0 Å². The summed E-state index contributed by atoms with van der Waals surface area (Å²) in [4.78, 5) is 34.9. The second-order valence-electron chi connectivity index (χ2n) is 4.83. The minimum Gasteiger partial charge on any atom is -0.343 e. The molecule has 0 atom stereocenters. The maximum absolute atomic E-state index is 11.7. The highest BCUT2D eigenvalue weighted by molar-refractivity contribution is 5.97. The molecule has 0 heterocycles. The third-order valence-electron chi connectivity index (χ3n) is 3.00. The lowest BCUT2D eigenvalue weighted by molar-refractivity contribution is -0.124. The van der Waals surface area contributed by atoms with Crippen LogP contribution in [0, 0.1) is 0 Å². The molecule has 0 aromatic heterocycles. The van der Waals surface area contributed by atoms with E-state index in [0.717, 1.165) is 5.56 Å². The van der Waals surface area contributed by atoms with E-state index in [1.54, 1.807) is 36.4 Å². The lowest BCUT2D eigenvalue weighted by Crippen LogP contribution is -2.46. The van der Waals surface area contributed by atoms with Crippen LogP contribution in [0.5, 0.6) is 0 Å². The van der Waals surface area contributed by atoms with E-state index in [0.29, 0.717) is 5.56 Å². The number of carbonyl (C=O) groups is 3. The standard InChI is InChI=1S/C18H17N3O3/c22-16(12-11-14-7-3-1-4-8-14)19-13-17(23)20-21-18(24)15-9-5-2-6-10-15/h1-12H,13H2,(H,19,22)(H,20,23)(H,21,24)/b12-11+. The monoisotopic (exact) mass is 323 g/mol. The Labute approximate surface area is 139 Å². The van der Waals surface area contributed by atoms with E-state index in [4.69, 9.17) is 0 Å². The average molecular weight is 323 g/mol. The highest BCUT2D eigenvalue weighted by Crippen LogP contribution is 2.00. The van der Waals surface area contributed by atoms with Gasteiger partial charge in [0.25, 0.3) is 11.8 Å². The highest BCUT2D eigenvalue weighted by atomic mass is 16.2. The van der Waals surface area contributed by atoms with Gasteiger partial charge in [0.2, 0.25) is 5.91 Å². The predicted octanol–water partition coefficient (Wildman–Crippen LogP) is 1.28. The number of hydrogen-bond acceptors (Lipinski definition) is 3. The molecule has 0 aliphatic heterocycles. The number of nitrogens with one attached hydrogen (secondary N) is 3. The Hall–Kier alpha value is -3.41. The van der Waals surface area contributed by atoms with Gasteiger partial charge in [-0.1, -0.05) is 48.5 Å². The summed E-state index contributed by atoms with van der Waals surface area (Å²) in [6.45, 7) is -0.243. The first-order chi connectivity index (χ1) is 11.6. The van der Waals surface area contributed by atoms with Crippen LogP contribution in [-0.2, 0) is 9.59 Å². The lowest BCUT2D eigenvalue weighted by Gasteiger charge is -2.07. The van der Waals surface area contributed by atoms with Gasteiger partial charge in [-0.05, 0) is 23.8 Å². The van der Waals surface area contributed by atoms with Crippen LogP contribution in [0.3, 0.4) is 0 Å². The molecule has 0 unspecified atom stereocenters. The van der Waals surface area contributed by atoms with Crippen LogP contribution in [0.2, 0.25) is 0 Å². The lowest BCUT2D eigenvalue weighted by atomic mass is 10.2. The molecule has 24 heavy (non-hydrogen) atoms. The van der Waals surface area contributed by atoms with Gasteiger partial charge in [-0.2, -0.15) is 0 Å². The van der Waals surface area contributed by atoms with Crippen molar-refractivity contribution in [3.05, 3.63) is 77.9 Å². The van der Waals surface area contributed by atoms with E-state index in [2.05, 4.69) is 16.2 Å². The summed E-state index contributed by atoms with van der Waals surface area (Å²) in [7, 11) is 0. The summed E-state index contributed by atoms with van der Waals surface area (Å²) in [5.41, 5.74) is 5.81. The fourth-order valence-electron chi connectivity index (χ4n) is 1.79. The van der Waals surface area contributed by atoms with Gasteiger partial charge in [-0.15, -0.1) is 0 Å². The SMILES string of the molecule is O=C(/C=C/c1ccccc1)NCC(=O)NNC(=O)c1ccccc1. The molecule has 0 spiro atoms. The number of hydrazine groups is 1. The van der Waals surface area contributed by atoms with Gasteiger partial charge < -0.3 is 5.32 Å². The zero-order valence-electron chi connectivity index (χ0n) is 12.9. The smallest absolute Gasteiger partial charge is 0.269 e. The van der Waals surface area contributed by atoms with Gasteiger partial charge in [-0.3, -0.25) is 25.2 Å². The molecule has 2 aromatic carbocycles. The molecule has 3 N–H and O–H groups in total. The van der Waals surface area contributed by atoms with E-state index in [9.17, 15) is 14.4 Å². The van der Waals surface area contributed by atoms with Crippen molar-refractivity contribution in [1.82, 2.24) is 16.2 Å². The van der Waals surface area contributed by atoms with E-state index < -0.39 is 17.7 Å². The number of benzene rings is 2. The summed E-state index contributed by atoms with van der Waals surface area (Å²) in [6, 6.07) is 17.8. The van der Waals surface area contributed by atoms with Crippen LogP contribution in [-0.4, -0.2) is 24.3 Å². The van der Waals surface area contributed by atoms with Crippen molar-refractivity contribution in [1.29, 1.82) is 0 Å². The molecule has 6 nitrogen and oxygen atoms in total. The Morgan fingerprint density at radius 3 is 2.12 bits per heavy atom. The fraction of sp³-hybridized carbons (Fsp3) is 0.0556. The second kappa shape index (κ2) is 8.89. The van der Waals surface area contributed by atoms with E-state index >= 15 is 0 Å². The maximum atomic E-state index is 11.7. The summed E-state index contributed by atoms with van der Waals surface area (Å²) in [6.07, 6.45) is 2.98. The molecule has 2 rings (SSSR count). The van der Waals surface area contributed by atoms with Gasteiger partial charge >= 0.3 is 0 Å². The number of amides is 3. The summed E-state index contributed by atoms with van der Waals surface area (Å²) in [5.74, 6) is -1.36. The molecular weight excluding hydrogens is 306 g/mol. The molecule has 0 radical (unpaired) electrons. The van der Waals surface area contributed by atoms with Crippen LogP contribution in [0.1, 0.15) is 15.9 Å². The zero-order valence-corrected chi connectivity index (χ0v) is 12.9. The molecule has 0 aliphatic rings. The zero-order chi connectivity index (χ0) is 17.2. The van der Waals surface area contributed by atoms with Crippen LogP contribution in [0.4, 0.5) is 0 Å². The highest BCUT2D eigenvalue weighted by Gasteiger charge is 2.07. The van der Waals surface area contributed by atoms with Gasteiger partial charge in [0, 0.05) is 11.6 Å². The van der Waals surface area contributed by atoms with Crippen molar-refractivity contribution in [3.8, 4) is 0 Å². The molecule has 0 saturated carbocycles. The molecule has 0 bridgehead atoms. The molecule has 6 heteroatoms. The Balaban J connectivity index is 1.70. The Morgan fingerprint density at radius 1 is 0.833 bits per heavy atom. The summed E-state index contributed by atoms with van der Waals surface area (Å²) in [5, 5.41) is 2.43. The Morgan fingerprint density at radius 2 is 1.46 bits per heavy atom. The topological polar surface area (TPSA) is 87.3 Å². The maximum Gasteiger partial charge on any atom is 0.269 e. The van der Waals surface area contributed by atoms with E-state index in [1.807, 2.05) is 30.3 Å². The Kier molecular flexibility index (Phi) is 6.28. The first-order valence-corrected chi connectivity index (χ1v) is 7.30. The van der Waals surface area contributed by atoms with Crippen molar-refractivity contribution in [3.63, 3.8) is 0 Å². The molecule has 0 fully saturated rings. The van der Waals surface area contributed by atoms with Crippen LogP contribution >= 0.6 is 0 Å². The largest absolute Gasteiger partial charge is 0.343 e. The molecule has 0 aliphatic carbocycles. The molecule has 122 valence electrons. The number of hydrogen-bond donors (Lipinski definition) is 3. The second-order valence-corrected chi connectivity index (χ2v) is 4.83. The predicted molar refractivity (Wildman–Crippen MR) is 90.5 cm³/mol. The Bertz CT molecular complexity index is 728. The summed E-state index contributed by atoms with van der Waals surface area (Å²) >= 11 is 0. The van der Waals surface area contributed by atoms with Gasteiger partial charge in [-0.25, -0.2) is 0 Å². The first kappa shape index (κ1) is 17.0. The molecular formula is C18H17N3O3. The van der Waals surface area contributed by atoms with Gasteiger partial charge in [0.15, 0.2) is 0 Å². The minimum absolute atomic E-state index is 0.243. The quantitative estimate of drug-likeness (QED) is 0.572. The molecule has 3 amide bonds. The normalized spacial score (nSPS) is 10.2. The van der Waals surface area contributed by atoms with Crippen LogP contribution in [0.15, 0.2) is 66.7 Å². The minimum atomic E-state index is -0.527. The van der Waals surface area contributed by atoms with E-state index in [-0.39, 0.29) is 6.54 Å². The van der Waals surface area contributed by atoms with Crippen molar-refractivity contribution in [2.75, 3.05) is 6.54 Å². The van der Waals surface area contributed by atoms with Crippen molar-refractivity contribution < 1.29 is 14.4 Å². The fourth-order valence-corrected chi connectivity index (χ4v) is 1.79. The summed E-state index contributed by atoms with van der Waals surface area (Å²) < 4.78 is 0. The average Bonchev–Trinajstić information content (AvgIpc) is 2.64.